The Morgan fingerprint density at radius 2 is 1.92 bits per heavy atom. The second kappa shape index (κ2) is 8.57. The number of nitrogens with zero attached hydrogens (tertiary/aromatic N) is 2. The third-order valence-corrected chi connectivity index (χ3v) is 7.29. The lowest BCUT2D eigenvalue weighted by molar-refractivity contribution is 0.0605. The molecule has 182 valence electrons. The Morgan fingerprint density at radius 3 is 2.69 bits per heavy atom. The summed E-state index contributed by atoms with van der Waals surface area (Å²) in [4.78, 5) is 15.8. The molecule has 0 saturated carbocycles. The Hall–Kier alpha value is -4.03. The summed E-state index contributed by atoms with van der Waals surface area (Å²) in [7, 11) is 3.64. The molecule has 0 N–H and O–H groups in total. The predicted molar refractivity (Wildman–Crippen MR) is 139 cm³/mol. The quantitative estimate of drug-likeness (QED) is 0.334. The van der Waals surface area contributed by atoms with Crippen LogP contribution in [0.4, 0.5) is 0 Å². The topological polar surface area (TPSA) is 52.9 Å². The number of carbonyl (C=O) groups excluding carboxylic acids is 1. The number of aryl methyl sites for hydroxylation is 2. The molecule has 6 nitrogen and oxygen atoms in total. The van der Waals surface area contributed by atoms with Crippen LogP contribution in [0.5, 0.6) is 17.2 Å². The minimum absolute atomic E-state index is 0.0987. The number of fused-ring (bicyclic) bond motifs is 4. The summed E-state index contributed by atoms with van der Waals surface area (Å²) in [6.07, 6.45) is 3.84. The van der Waals surface area contributed by atoms with Crippen molar-refractivity contribution in [3.8, 4) is 17.2 Å². The van der Waals surface area contributed by atoms with Crippen molar-refractivity contribution in [2.45, 2.75) is 26.4 Å². The van der Waals surface area contributed by atoms with E-state index in [2.05, 4.69) is 24.0 Å². The van der Waals surface area contributed by atoms with Crippen molar-refractivity contribution >= 4 is 22.8 Å². The van der Waals surface area contributed by atoms with Gasteiger partial charge >= 0.3 is 0 Å². The minimum Gasteiger partial charge on any atom is -0.497 e. The number of ketones is 1. The maximum atomic E-state index is 13.5. The fourth-order valence-electron chi connectivity index (χ4n) is 5.22. The summed E-state index contributed by atoms with van der Waals surface area (Å²) in [5.41, 5.74) is 5.58. The average molecular weight is 481 g/mol. The molecular weight excluding hydrogens is 452 g/mol. The van der Waals surface area contributed by atoms with Gasteiger partial charge in [-0.25, -0.2) is 0 Å². The van der Waals surface area contributed by atoms with Crippen LogP contribution in [0, 0.1) is 6.92 Å². The maximum absolute atomic E-state index is 13.5. The molecule has 6 rings (SSSR count). The number of allylic oxidation sites excluding steroid dienone is 1. The molecule has 3 aromatic carbocycles. The normalized spacial score (nSPS) is 17.0. The average Bonchev–Trinajstić information content (AvgIpc) is 3.40. The van der Waals surface area contributed by atoms with Gasteiger partial charge in [-0.05, 0) is 55.3 Å². The van der Waals surface area contributed by atoms with Crippen LogP contribution in [0.25, 0.3) is 17.0 Å². The zero-order valence-electron chi connectivity index (χ0n) is 20.9. The van der Waals surface area contributed by atoms with Crippen LogP contribution in [0.1, 0.15) is 45.6 Å². The summed E-state index contributed by atoms with van der Waals surface area (Å²) in [6, 6.07) is 18.4. The first kappa shape index (κ1) is 22.4. The first-order valence-electron chi connectivity index (χ1n) is 12.1. The number of carbonyl (C=O) groups is 1. The van der Waals surface area contributed by atoms with Gasteiger partial charge in [0.2, 0.25) is 5.78 Å². The number of hydrogen-bond donors (Lipinski definition) is 0. The first-order valence-corrected chi connectivity index (χ1v) is 12.1. The van der Waals surface area contributed by atoms with E-state index in [1.807, 2.05) is 73.3 Å². The van der Waals surface area contributed by atoms with E-state index >= 15 is 0 Å². The molecule has 2 aliphatic heterocycles. The van der Waals surface area contributed by atoms with Gasteiger partial charge in [0.25, 0.3) is 0 Å². The van der Waals surface area contributed by atoms with Gasteiger partial charge in [0, 0.05) is 42.3 Å². The van der Waals surface area contributed by atoms with Crippen molar-refractivity contribution in [3.63, 3.8) is 0 Å². The standard InChI is InChI=1S/C30H28N2O4/c1-18-12-26-24(16-32(17-35-26)19(2)20-8-6-5-7-9-20)30-28(18)29(33)27(36-30)13-21-15-31(3)25-11-10-22(34-4)14-23(21)25/h5-15,19H,16-17H2,1-4H3/b27-13-. The van der Waals surface area contributed by atoms with Crippen molar-refractivity contribution in [2.24, 2.45) is 7.05 Å². The van der Waals surface area contributed by atoms with E-state index in [1.165, 1.54) is 5.56 Å². The fraction of sp³-hybridized carbons (Fsp3) is 0.233. The third-order valence-electron chi connectivity index (χ3n) is 7.29. The highest BCUT2D eigenvalue weighted by Crippen LogP contribution is 2.45. The number of methoxy groups -OCH3 is 1. The van der Waals surface area contributed by atoms with Crippen LogP contribution in [0.3, 0.4) is 0 Å². The number of ether oxygens (including phenoxy) is 3. The highest BCUT2D eigenvalue weighted by molar-refractivity contribution is 6.16. The summed E-state index contributed by atoms with van der Waals surface area (Å²) >= 11 is 0. The minimum atomic E-state index is -0.0987. The molecular formula is C30H28N2O4. The molecule has 0 fully saturated rings. The zero-order chi connectivity index (χ0) is 25.0. The molecule has 0 radical (unpaired) electrons. The van der Waals surface area contributed by atoms with Crippen LogP contribution in [-0.2, 0) is 13.6 Å². The zero-order valence-corrected chi connectivity index (χ0v) is 20.9. The summed E-state index contributed by atoms with van der Waals surface area (Å²) in [6.45, 7) is 5.23. The molecule has 1 aromatic heterocycles. The van der Waals surface area contributed by atoms with Crippen LogP contribution in [-0.4, -0.2) is 29.1 Å². The summed E-state index contributed by atoms with van der Waals surface area (Å²) in [5.74, 6) is 2.39. The number of aromatic nitrogens is 1. The molecule has 0 amide bonds. The molecule has 2 aliphatic rings. The van der Waals surface area contributed by atoms with Gasteiger partial charge in [-0.1, -0.05) is 30.3 Å². The summed E-state index contributed by atoms with van der Waals surface area (Å²) < 4.78 is 19.9. The smallest absolute Gasteiger partial charge is 0.232 e. The number of hydrogen-bond acceptors (Lipinski definition) is 5. The van der Waals surface area contributed by atoms with Crippen molar-refractivity contribution in [2.75, 3.05) is 13.8 Å². The fourth-order valence-corrected chi connectivity index (χ4v) is 5.22. The Morgan fingerprint density at radius 1 is 1.11 bits per heavy atom. The van der Waals surface area contributed by atoms with E-state index in [4.69, 9.17) is 14.2 Å². The molecule has 0 spiro atoms. The largest absolute Gasteiger partial charge is 0.497 e. The number of rotatable bonds is 4. The monoisotopic (exact) mass is 480 g/mol. The van der Waals surface area contributed by atoms with Gasteiger partial charge in [0.1, 0.15) is 24.0 Å². The van der Waals surface area contributed by atoms with Crippen LogP contribution in [0.2, 0.25) is 0 Å². The van der Waals surface area contributed by atoms with Gasteiger partial charge in [-0.15, -0.1) is 0 Å². The highest BCUT2D eigenvalue weighted by Gasteiger charge is 2.36. The van der Waals surface area contributed by atoms with Crippen LogP contribution < -0.4 is 14.2 Å². The second-order valence-electron chi connectivity index (χ2n) is 9.50. The van der Waals surface area contributed by atoms with E-state index in [0.29, 0.717) is 30.3 Å². The Bertz CT molecular complexity index is 1530. The van der Waals surface area contributed by atoms with Crippen molar-refractivity contribution in [1.82, 2.24) is 9.47 Å². The van der Waals surface area contributed by atoms with Gasteiger partial charge in [-0.3, -0.25) is 9.69 Å². The van der Waals surface area contributed by atoms with E-state index in [9.17, 15) is 4.79 Å². The molecule has 6 heteroatoms. The SMILES string of the molecule is COc1ccc2c(c1)c(/C=C1\Oc3c4c(cc(C)c3C1=O)OCN(C(C)c1ccccc1)C4)cn2C. The van der Waals surface area contributed by atoms with Crippen LogP contribution in [0.15, 0.2) is 66.6 Å². The van der Waals surface area contributed by atoms with E-state index < -0.39 is 0 Å². The number of Topliss-reactive ketones (excluding diaryl/α,β-unsaturated/α-hetero) is 1. The second-order valence-corrected chi connectivity index (χ2v) is 9.50. The third kappa shape index (κ3) is 3.57. The molecule has 0 bridgehead atoms. The molecule has 36 heavy (non-hydrogen) atoms. The van der Waals surface area contributed by atoms with Gasteiger partial charge in [-0.2, -0.15) is 0 Å². The Labute approximate surface area is 210 Å². The highest BCUT2D eigenvalue weighted by atomic mass is 16.5. The van der Waals surface area contributed by atoms with E-state index in [0.717, 1.165) is 39.1 Å². The summed E-state index contributed by atoms with van der Waals surface area (Å²) in [5, 5.41) is 1.00. The lowest BCUT2D eigenvalue weighted by atomic mass is 9.97. The molecule has 0 aliphatic carbocycles. The van der Waals surface area contributed by atoms with Crippen LogP contribution >= 0.6 is 0 Å². The maximum Gasteiger partial charge on any atom is 0.232 e. The predicted octanol–water partition coefficient (Wildman–Crippen LogP) is 6.02. The number of benzene rings is 3. The molecule has 4 aromatic rings. The van der Waals surface area contributed by atoms with Gasteiger partial charge < -0.3 is 18.8 Å². The first-order chi connectivity index (χ1) is 17.4. The van der Waals surface area contributed by atoms with E-state index in [1.54, 1.807) is 7.11 Å². The molecule has 1 unspecified atom stereocenters. The Balaban J connectivity index is 1.38. The lowest BCUT2D eigenvalue weighted by Crippen LogP contribution is -2.34. The van der Waals surface area contributed by atoms with Gasteiger partial charge in [0.15, 0.2) is 5.76 Å². The van der Waals surface area contributed by atoms with Crippen molar-refractivity contribution < 1.29 is 19.0 Å². The van der Waals surface area contributed by atoms with E-state index in [-0.39, 0.29) is 11.8 Å². The van der Waals surface area contributed by atoms with Crippen molar-refractivity contribution in [3.05, 3.63) is 94.4 Å². The lowest BCUT2D eigenvalue weighted by Gasteiger charge is -2.34. The van der Waals surface area contributed by atoms with Crippen molar-refractivity contribution in [1.29, 1.82) is 0 Å². The molecule has 1 atom stereocenters. The Kier molecular flexibility index (Phi) is 5.34. The molecule has 3 heterocycles. The molecule has 0 saturated heterocycles. The van der Waals surface area contributed by atoms with Gasteiger partial charge in [0.05, 0.1) is 18.2 Å².